The van der Waals surface area contributed by atoms with Gasteiger partial charge in [-0.2, -0.15) is 26.3 Å². The van der Waals surface area contributed by atoms with Gasteiger partial charge in [0.25, 0.3) is 0 Å². The van der Waals surface area contributed by atoms with Gasteiger partial charge < -0.3 is 19.9 Å². The second-order valence-electron chi connectivity index (χ2n) is 6.59. The lowest BCUT2D eigenvalue weighted by atomic mass is 10.1. The van der Waals surface area contributed by atoms with Crippen molar-refractivity contribution < 1.29 is 50.5 Å². The van der Waals surface area contributed by atoms with Crippen LogP contribution in [0.2, 0.25) is 0 Å². The average Bonchev–Trinajstić information content (AvgIpc) is 2.47. The minimum Gasteiger partial charge on any atom is -0.491 e. The lowest BCUT2D eigenvalue weighted by Crippen LogP contribution is -2.46. The molecule has 1 aromatic rings. The summed E-state index contributed by atoms with van der Waals surface area (Å²) in [5.74, 6) is -2.49. The van der Waals surface area contributed by atoms with Crippen molar-refractivity contribution in [3.05, 3.63) is 29.3 Å². The molecular weight excluding hydrogens is 400 g/mol. The molecule has 0 heterocycles. The van der Waals surface area contributed by atoms with Crippen molar-refractivity contribution in [2.75, 3.05) is 6.61 Å². The molecule has 6 nitrogen and oxygen atoms in total. The molecule has 0 aliphatic heterocycles. The molecule has 28 heavy (non-hydrogen) atoms. The van der Waals surface area contributed by atoms with Crippen LogP contribution in [0.15, 0.2) is 18.2 Å². The van der Waals surface area contributed by atoms with Crippen molar-refractivity contribution in [3.8, 4) is 5.75 Å². The number of benzene rings is 1. The Morgan fingerprint density at radius 1 is 1.00 bits per heavy atom. The third-order valence-corrected chi connectivity index (χ3v) is 2.97. The molecule has 1 rings (SSSR count). The first-order valence-electron chi connectivity index (χ1n) is 7.63. The summed E-state index contributed by atoms with van der Waals surface area (Å²) in [6, 6.07) is -1.29. The van der Waals surface area contributed by atoms with Crippen LogP contribution in [0.3, 0.4) is 0 Å². The van der Waals surface area contributed by atoms with Crippen LogP contribution < -0.4 is 10.1 Å². The first-order valence-corrected chi connectivity index (χ1v) is 7.63. The van der Waals surface area contributed by atoms with E-state index in [1.165, 1.54) is 20.8 Å². The maximum Gasteiger partial charge on any atom is 0.416 e. The predicted molar refractivity (Wildman–Crippen MR) is 82.7 cm³/mol. The summed E-state index contributed by atoms with van der Waals surface area (Å²) < 4.78 is 86.4. The van der Waals surface area contributed by atoms with Gasteiger partial charge in [-0.05, 0) is 39.0 Å². The number of rotatable bonds is 5. The van der Waals surface area contributed by atoms with E-state index in [9.17, 15) is 35.9 Å². The molecule has 1 atom stereocenters. The number of carboxylic acid groups (broad SMARTS) is 1. The summed E-state index contributed by atoms with van der Waals surface area (Å²) in [4.78, 5) is 22.8. The van der Waals surface area contributed by atoms with E-state index in [1.807, 2.05) is 5.32 Å². The normalized spacial score (nSPS) is 13.6. The number of hydrogen-bond acceptors (Lipinski definition) is 4. The number of aliphatic carboxylic acids is 1. The molecule has 1 amide bonds. The zero-order valence-corrected chi connectivity index (χ0v) is 14.9. The van der Waals surface area contributed by atoms with Gasteiger partial charge in [-0.25, -0.2) is 9.59 Å². The van der Waals surface area contributed by atoms with Gasteiger partial charge in [-0.15, -0.1) is 0 Å². The van der Waals surface area contributed by atoms with Crippen LogP contribution in [0.25, 0.3) is 0 Å². The fourth-order valence-corrected chi connectivity index (χ4v) is 1.81. The SMILES string of the molecule is CC(C)(C)OC(=O)N[C@H](COc1cc(C(F)(F)F)cc(C(F)(F)F)c1)C(=O)O. The Labute approximate surface area is 155 Å². The van der Waals surface area contributed by atoms with E-state index < -0.39 is 59.5 Å². The highest BCUT2D eigenvalue weighted by molar-refractivity contribution is 5.80. The number of ether oxygens (including phenoxy) is 2. The number of halogens is 6. The van der Waals surface area contributed by atoms with Gasteiger partial charge in [0.1, 0.15) is 18.0 Å². The van der Waals surface area contributed by atoms with E-state index in [1.54, 1.807) is 0 Å². The average molecular weight is 417 g/mol. The zero-order valence-electron chi connectivity index (χ0n) is 14.9. The van der Waals surface area contributed by atoms with Crippen molar-refractivity contribution in [1.29, 1.82) is 0 Å². The molecule has 1 aromatic carbocycles. The highest BCUT2D eigenvalue weighted by Gasteiger charge is 2.37. The molecule has 0 saturated carbocycles. The van der Waals surface area contributed by atoms with Crippen molar-refractivity contribution in [1.82, 2.24) is 5.32 Å². The standard InChI is InChI=1S/C16H17F6NO5/c1-14(2,3)28-13(26)23-11(12(24)25)7-27-10-5-8(15(17,18)19)4-9(6-10)16(20,21)22/h4-6,11H,7H2,1-3H3,(H,23,26)(H,24,25)/t11-/m1/s1. The summed E-state index contributed by atoms with van der Waals surface area (Å²) in [5.41, 5.74) is -4.20. The number of hydrogen-bond donors (Lipinski definition) is 2. The number of carbonyl (C=O) groups is 2. The first-order chi connectivity index (χ1) is 12.5. The minimum atomic E-state index is -5.08. The molecule has 0 fully saturated rings. The molecule has 158 valence electrons. The Morgan fingerprint density at radius 2 is 1.46 bits per heavy atom. The van der Waals surface area contributed by atoms with Crippen molar-refractivity contribution >= 4 is 12.1 Å². The van der Waals surface area contributed by atoms with Crippen LogP contribution in [0, 0.1) is 0 Å². The summed E-state index contributed by atoms with van der Waals surface area (Å²) in [7, 11) is 0. The maximum absolute atomic E-state index is 12.8. The van der Waals surface area contributed by atoms with Crippen LogP contribution in [-0.2, 0) is 21.9 Å². The zero-order chi connectivity index (χ0) is 21.9. The quantitative estimate of drug-likeness (QED) is 0.706. The van der Waals surface area contributed by atoms with E-state index >= 15 is 0 Å². The second kappa shape index (κ2) is 8.15. The molecule has 0 unspecified atom stereocenters. The van der Waals surface area contributed by atoms with Gasteiger partial charge >= 0.3 is 24.4 Å². The lowest BCUT2D eigenvalue weighted by molar-refractivity contribution is -0.144. The van der Waals surface area contributed by atoms with Crippen molar-refractivity contribution in [2.24, 2.45) is 0 Å². The molecule has 0 bridgehead atoms. The van der Waals surface area contributed by atoms with E-state index in [4.69, 9.17) is 14.6 Å². The molecule has 0 spiro atoms. The Bertz CT molecular complexity index is 691. The summed E-state index contributed by atoms with van der Waals surface area (Å²) in [5, 5.41) is 11.0. The molecule has 0 aromatic heterocycles. The van der Waals surface area contributed by atoms with Crippen LogP contribution in [0.5, 0.6) is 5.75 Å². The summed E-state index contributed by atoms with van der Waals surface area (Å²) >= 11 is 0. The number of carbonyl (C=O) groups excluding carboxylic acids is 1. The van der Waals surface area contributed by atoms with E-state index in [2.05, 4.69) is 0 Å². The van der Waals surface area contributed by atoms with Gasteiger partial charge in [0.15, 0.2) is 6.04 Å². The number of carboxylic acids is 1. The summed E-state index contributed by atoms with van der Waals surface area (Å²) in [6.07, 6.45) is -11.3. The van der Waals surface area contributed by atoms with E-state index in [0.717, 1.165) is 0 Å². The third-order valence-electron chi connectivity index (χ3n) is 2.97. The van der Waals surface area contributed by atoms with E-state index in [0.29, 0.717) is 12.1 Å². The van der Waals surface area contributed by atoms with Crippen LogP contribution in [0.1, 0.15) is 31.9 Å². The Morgan fingerprint density at radius 3 is 1.82 bits per heavy atom. The van der Waals surface area contributed by atoms with Crippen LogP contribution in [-0.4, -0.2) is 35.4 Å². The van der Waals surface area contributed by atoms with Gasteiger partial charge in [0.05, 0.1) is 11.1 Å². The smallest absolute Gasteiger partial charge is 0.416 e. The van der Waals surface area contributed by atoms with Crippen LogP contribution >= 0.6 is 0 Å². The highest BCUT2D eigenvalue weighted by atomic mass is 19.4. The van der Waals surface area contributed by atoms with Crippen molar-refractivity contribution in [3.63, 3.8) is 0 Å². The number of alkyl halides is 6. The molecule has 2 N–H and O–H groups in total. The highest BCUT2D eigenvalue weighted by Crippen LogP contribution is 2.38. The molecular formula is C16H17F6NO5. The Balaban J connectivity index is 3.01. The molecule has 0 aliphatic carbocycles. The molecule has 12 heteroatoms. The number of amides is 1. The predicted octanol–water partition coefficient (Wildman–Crippen LogP) is 4.08. The Hall–Kier alpha value is -2.66. The second-order valence-corrected chi connectivity index (χ2v) is 6.59. The monoisotopic (exact) mass is 417 g/mol. The fraction of sp³-hybridized carbons (Fsp3) is 0.500. The van der Waals surface area contributed by atoms with Gasteiger partial charge in [0, 0.05) is 0 Å². The molecule has 0 saturated heterocycles. The molecule has 0 aliphatic rings. The van der Waals surface area contributed by atoms with Crippen molar-refractivity contribution in [2.45, 2.75) is 44.8 Å². The van der Waals surface area contributed by atoms with Gasteiger partial charge in [-0.3, -0.25) is 0 Å². The first kappa shape index (κ1) is 23.4. The van der Waals surface area contributed by atoms with Gasteiger partial charge in [0.2, 0.25) is 0 Å². The summed E-state index contributed by atoms with van der Waals surface area (Å²) in [6.45, 7) is 3.56. The number of nitrogens with one attached hydrogen (secondary N) is 1. The number of alkyl carbamates (subject to hydrolysis) is 1. The fourth-order valence-electron chi connectivity index (χ4n) is 1.81. The van der Waals surface area contributed by atoms with Crippen LogP contribution in [0.4, 0.5) is 31.1 Å². The molecule has 0 radical (unpaired) electrons. The topological polar surface area (TPSA) is 84.9 Å². The van der Waals surface area contributed by atoms with Gasteiger partial charge in [-0.1, -0.05) is 0 Å². The largest absolute Gasteiger partial charge is 0.491 e. The Kier molecular flexibility index (Phi) is 6.80. The van der Waals surface area contributed by atoms with E-state index in [-0.39, 0.29) is 6.07 Å². The minimum absolute atomic E-state index is 0.0967. The maximum atomic E-state index is 12.8. The third kappa shape index (κ3) is 7.53. The lowest BCUT2D eigenvalue weighted by Gasteiger charge is -2.22.